The molecule has 23 heavy (non-hydrogen) atoms. The standard InChI is InChI=1S/C21H40O2/c1-18(2)10-6-11-19(3)12-7-13-20(4)14-8-15-21(5)22-16-9-17-23-21/h14,18-19H,6-13,15-17H2,1-5H3/b20-14+. The molecule has 0 radical (unpaired) electrons. The maximum Gasteiger partial charge on any atom is 0.165 e. The molecule has 0 spiro atoms. The highest BCUT2D eigenvalue weighted by atomic mass is 16.7. The second kappa shape index (κ2) is 11.3. The van der Waals surface area contributed by atoms with E-state index in [2.05, 4.69) is 40.7 Å². The van der Waals surface area contributed by atoms with Gasteiger partial charge in [-0.2, -0.15) is 0 Å². The van der Waals surface area contributed by atoms with Gasteiger partial charge in [-0.15, -0.1) is 0 Å². The van der Waals surface area contributed by atoms with Crippen molar-refractivity contribution < 1.29 is 9.47 Å². The minimum atomic E-state index is -0.347. The summed E-state index contributed by atoms with van der Waals surface area (Å²) in [4.78, 5) is 0. The minimum absolute atomic E-state index is 0.347. The summed E-state index contributed by atoms with van der Waals surface area (Å²) >= 11 is 0. The first-order valence-electron chi connectivity index (χ1n) is 9.85. The molecule has 0 N–H and O–H groups in total. The van der Waals surface area contributed by atoms with E-state index in [-0.39, 0.29) is 5.79 Å². The highest BCUT2D eigenvalue weighted by molar-refractivity contribution is 4.98. The Morgan fingerprint density at radius 3 is 2.35 bits per heavy atom. The molecule has 1 rings (SSSR count). The first-order chi connectivity index (χ1) is 10.9. The van der Waals surface area contributed by atoms with Crippen molar-refractivity contribution in [1.82, 2.24) is 0 Å². The predicted octanol–water partition coefficient (Wildman–Crippen LogP) is 6.50. The summed E-state index contributed by atoms with van der Waals surface area (Å²) < 4.78 is 11.5. The number of hydrogen-bond donors (Lipinski definition) is 0. The van der Waals surface area contributed by atoms with Crippen LogP contribution in [0.4, 0.5) is 0 Å². The van der Waals surface area contributed by atoms with E-state index < -0.39 is 0 Å². The molecule has 0 aromatic rings. The van der Waals surface area contributed by atoms with E-state index in [1.807, 2.05) is 0 Å². The second-order valence-corrected chi connectivity index (χ2v) is 8.10. The molecule has 1 heterocycles. The fourth-order valence-corrected chi connectivity index (χ4v) is 3.25. The highest BCUT2D eigenvalue weighted by Gasteiger charge is 2.27. The molecule has 0 aromatic heterocycles. The topological polar surface area (TPSA) is 18.5 Å². The molecule has 1 atom stereocenters. The summed E-state index contributed by atoms with van der Waals surface area (Å²) in [6.07, 6.45) is 13.6. The van der Waals surface area contributed by atoms with Gasteiger partial charge in [-0.25, -0.2) is 0 Å². The summed E-state index contributed by atoms with van der Waals surface area (Å²) in [5.41, 5.74) is 1.53. The van der Waals surface area contributed by atoms with Crippen LogP contribution in [0.2, 0.25) is 0 Å². The smallest absolute Gasteiger partial charge is 0.165 e. The average molecular weight is 325 g/mol. The lowest BCUT2D eigenvalue weighted by Crippen LogP contribution is -2.37. The maximum absolute atomic E-state index is 5.76. The summed E-state index contributed by atoms with van der Waals surface area (Å²) in [6, 6.07) is 0. The normalized spacial score (nSPS) is 20.0. The first kappa shape index (κ1) is 20.7. The van der Waals surface area contributed by atoms with Crippen molar-refractivity contribution in [3.63, 3.8) is 0 Å². The van der Waals surface area contributed by atoms with Crippen LogP contribution in [0.15, 0.2) is 11.6 Å². The molecule has 0 bridgehead atoms. The van der Waals surface area contributed by atoms with Crippen LogP contribution >= 0.6 is 0 Å². The largest absolute Gasteiger partial charge is 0.350 e. The van der Waals surface area contributed by atoms with Crippen LogP contribution in [-0.2, 0) is 9.47 Å². The third-order valence-corrected chi connectivity index (χ3v) is 4.94. The summed E-state index contributed by atoms with van der Waals surface area (Å²) in [7, 11) is 0. The third-order valence-electron chi connectivity index (χ3n) is 4.94. The molecule has 0 aliphatic carbocycles. The molecule has 1 fully saturated rings. The van der Waals surface area contributed by atoms with Gasteiger partial charge in [-0.05, 0) is 51.4 Å². The van der Waals surface area contributed by atoms with Crippen LogP contribution in [0, 0.1) is 11.8 Å². The van der Waals surface area contributed by atoms with E-state index in [4.69, 9.17) is 9.47 Å². The van der Waals surface area contributed by atoms with Crippen molar-refractivity contribution >= 4 is 0 Å². The molecule has 1 aliphatic heterocycles. The van der Waals surface area contributed by atoms with E-state index in [0.29, 0.717) is 0 Å². The lowest BCUT2D eigenvalue weighted by atomic mass is 9.94. The zero-order valence-corrected chi connectivity index (χ0v) is 16.3. The maximum atomic E-state index is 5.76. The second-order valence-electron chi connectivity index (χ2n) is 8.10. The molecule has 2 nitrogen and oxygen atoms in total. The highest BCUT2D eigenvalue weighted by Crippen LogP contribution is 2.25. The van der Waals surface area contributed by atoms with Crippen molar-refractivity contribution in [1.29, 1.82) is 0 Å². The van der Waals surface area contributed by atoms with Crippen molar-refractivity contribution in [2.45, 2.75) is 98.2 Å². The van der Waals surface area contributed by atoms with Gasteiger partial charge >= 0.3 is 0 Å². The van der Waals surface area contributed by atoms with Crippen LogP contribution < -0.4 is 0 Å². The molecule has 136 valence electrons. The summed E-state index contributed by atoms with van der Waals surface area (Å²) in [6.45, 7) is 13.1. The van der Waals surface area contributed by atoms with Gasteiger partial charge < -0.3 is 9.47 Å². The van der Waals surface area contributed by atoms with E-state index in [1.54, 1.807) is 0 Å². The lowest BCUT2D eigenvalue weighted by Gasteiger charge is -2.33. The Bertz CT molecular complexity index is 327. The number of allylic oxidation sites excluding steroid dienone is 2. The number of hydrogen-bond acceptors (Lipinski definition) is 2. The molecule has 0 amide bonds. The number of ether oxygens (including phenoxy) is 2. The van der Waals surface area contributed by atoms with Gasteiger partial charge in [0, 0.05) is 6.42 Å². The van der Waals surface area contributed by atoms with Gasteiger partial charge in [0.2, 0.25) is 0 Å². The van der Waals surface area contributed by atoms with Crippen LogP contribution in [0.3, 0.4) is 0 Å². The van der Waals surface area contributed by atoms with Crippen molar-refractivity contribution in [2.75, 3.05) is 13.2 Å². The van der Waals surface area contributed by atoms with Gasteiger partial charge in [-0.1, -0.05) is 58.1 Å². The van der Waals surface area contributed by atoms with Crippen LogP contribution in [-0.4, -0.2) is 19.0 Å². The molecule has 2 heteroatoms. The summed E-state index contributed by atoms with van der Waals surface area (Å²) in [5.74, 6) is 1.39. The third kappa shape index (κ3) is 10.2. The Balaban J connectivity index is 2.09. The molecular weight excluding hydrogens is 284 g/mol. The van der Waals surface area contributed by atoms with Crippen molar-refractivity contribution in [3.8, 4) is 0 Å². The minimum Gasteiger partial charge on any atom is -0.350 e. The van der Waals surface area contributed by atoms with Gasteiger partial charge in [0.15, 0.2) is 5.79 Å². The number of rotatable bonds is 11. The Hall–Kier alpha value is -0.340. The Morgan fingerprint density at radius 2 is 1.70 bits per heavy atom. The van der Waals surface area contributed by atoms with E-state index in [9.17, 15) is 0 Å². The lowest BCUT2D eigenvalue weighted by molar-refractivity contribution is -0.258. The Kier molecular flexibility index (Phi) is 10.1. The van der Waals surface area contributed by atoms with Crippen molar-refractivity contribution in [2.24, 2.45) is 11.8 Å². The summed E-state index contributed by atoms with van der Waals surface area (Å²) in [5, 5.41) is 0. The predicted molar refractivity (Wildman–Crippen MR) is 99.6 cm³/mol. The monoisotopic (exact) mass is 324 g/mol. The Labute approximate surface area is 145 Å². The average Bonchev–Trinajstić information content (AvgIpc) is 2.47. The van der Waals surface area contributed by atoms with E-state index in [0.717, 1.165) is 44.3 Å². The zero-order chi connectivity index (χ0) is 17.1. The van der Waals surface area contributed by atoms with Gasteiger partial charge in [0.05, 0.1) is 13.2 Å². The molecule has 0 saturated carbocycles. The fraction of sp³-hybridized carbons (Fsp3) is 0.905. The van der Waals surface area contributed by atoms with Crippen LogP contribution in [0.25, 0.3) is 0 Å². The van der Waals surface area contributed by atoms with Gasteiger partial charge in [0.1, 0.15) is 0 Å². The van der Waals surface area contributed by atoms with Gasteiger partial charge in [0.25, 0.3) is 0 Å². The quantitative estimate of drug-likeness (QED) is 0.404. The van der Waals surface area contributed by atoms with Crippen LogP contribution in [0.1, 0.15) is 92.4 Å². The van der Waals surface area contributed by atoms with E-state index in [1.165, 1.54) is 44.1 Å². The fourth-order valence-electron chi connectivity index (χ4n) is 3.25. The zero-order valence-electron chi connectivity index (χ0n) is 16.3. The van der Waals surface area contributed by atoms with Crippen molar-refractivity contribution in [3.05, 3.63) is 11.6 Å². The molecule has 0 aromatic carbocycles. The molecule has 1 saturated heterocycles. The first-order valence-corrected chi connectivity index (χ1v) is 9.85. The van der Waals surface area contributed by atoms with E-state index >= 15 is 0 Å². The molecule has 1 unspecified atom stereocenters. The molecule has 1 aliphatic rings. The Morgan fingerprint density at radius 1 is 1.04 bits per heavy atom. The van der Waals surface area contributed by atoms with Crippen LogP contribution in [0.5, 0.6) is 0 Å². The SMILES string of the molecule is C/C(=C\CCC1(C)OCCCO1)CCCC(C)CCCC(C)C. The molecular formula is C21H40O2. The van der Waals surface area contributed by atoms with Gasteiger partial charge in [-0.3, -0.25) is 0 Å².